The molecule has 2 heterocycles. The second-order valence-electron chi connectivity index (χ2n) is 7.04. The van der Waals surface area contributed by atoms with E-state index in [0.717, 1.165) is 9.92 Å². The Hall–Kier alpha value is -3.49. The molecule has 0 spiro atoms. The molecule has 32 heavy (non-hydrogen) atoms. The molecular weight excluding hydrogens is 424 g/mol. The van der Waals surface area contributed by atoms with Crippen molar-refractivity contribution in [1.29, 1.82) is 0 Å². The number of methoxy groups -OCH3 is 1. The van der Waals surface area contributed by atoms with Gasteiger partial charge in [0.1, 0.15) is 10.9 Å². The Morgan fingerprint density at radius 2 is 1.84 bits per heavy atom. The number of pyridine rings is 1. The number of amides is 1. The summed E-state index contributed by atoms with van der Waals surface area (Å²) in [6, 6.07) is 20.3. The van der Waals surface area contributed by atoms with Crippen LogP contribution in [0.25, 0.3) is 10.9 Å². The number of para-hydroxylation sites is 1. The fourth-order valence-corrected chi connectivity index (χ4v) is 3.99. The topological polar surface area (TPSA) is 88.2 Å². The lowest BCUT2D eigenvalue weighted by Crippen LogP contribution is -2.34. The van der Waals surface area contributed by atoms with Gasteiger partial charge in [-0.15, -0.1) is 0 Å². The molecule has 0 aliphatic heterocycles. The van der Waals surface area contributed by atoms with Gasteiger partial charge < -0.3 is 14.6 Å². The minimum atomic E-state index is -0.222. The molecule has 8 heteroatoms. The van der Waals surface area contributed by atoms with Crippen molar-refractivity contribution in [2.45, 2.75) is 16.5 Å². The van der Waals surface area contributed by atoms with E-state index in [2.05, 4.69) is 15.0 Å². The molecule has 4 rings (SSSR count). The minimum absolute atomic E-state index is 0.160. The number of H-pyrrole nitrogens is 1. The second kappa shape index (κ2) is 10.2. The summed E-state index contributed by atoms with van der Waals surface area (Å²) in [5.41, 5.74) is 0.927. The number of nitrogens with zero attached hydrogens (tertiary/aromatic N) is 3. The molecule has 162 valence electrons. The van der Waals surface area contributed by atoms with Gasteiger partial charge in [0.2, 0.25) is 0 Å². The molecule has 0 bridgehead atoms. The number of ether oxygens (including phenoxy) is 1. The molecule has 0 atom stereocenters. The average Bonchev–Trinajstić information content (AvgIpc) is 2.82. The van der Waals surface area contributed by atoms with E-state index in [4.69, 9.17) is 4.74 Å². The van der Waals surface area contributed by atoms with Crippen molar-refractivity contribution < 1.29 is 9.53 Å². The molecule has 1 amide bonds. The Bertz CT molecular complexity index is 1260. The van der Waals surface area contributed by atoms with Crippen LogP contribution >= 0.6 is 11.8 Å². The Morgan fingerprint density at radius 1 is 1.06 bits per heavy atom. The third-order valence-electron chi connectivity index (χ3n) is 4.82. The van der Waals surface area contributed by atoms with Gasteiger partial charge in [0.15, 0.2) is 0 Å². The van der Waals surface area contributed by atoms with Crippen molar-refractivity contribution >= 4 is 28.6 Å². The van der Waals surface area contributed by atoms with Crippen molar-refractivity contribution in [3.05, 3.63) is 94.7 Å². The number of fused-ring (bicyclic) bond motifs is 1. The van der Waals surface area contributed by atoms with E-state index in [1.807, 2.05) is 36.4 Å². The summed E-state index contributed by atoms with van der Waals surface area (Å²) in [5.74, 6) is 0.271. The number of benzene rings is 2. The number of rotatable bonds is 8. The first-order chi connectivity index (χ1) is 15.6. The van der Waals surface area contributed by atoms with Gasteiger partial charge in [-0.2, -0.15) is 0 Å². The first-order valence-corrected chi connectivity index (χ1v) is 10.9. The molecule has 2 aromatic carbocycles. The minimum Gasteiger partial charge on any atom is -0.383 e. The first-order valence-electron chi connectivity index (χ1n) is 10.1. The predicted molar refractivity (Wildman–Crippen MR) is 124 cm³/mol. The van der Waals surface area contributed by atoms with Crippen LogP contribution in [-0.4, -0.2) is 46.0 Å². The maximum absolute atomic E-state index is 13.2. The van der Waals surface area contributed by atoms with Gasteiger partial charge in [0.25, 0.3) is 11.5 Å². The molecule has 0 unspecified atom stereocenters. The maximum atomic E-state index is 13.2. The molecule has 0 aliphatic carbocycles. The van der Waals surface area contributed by atoms with Crippen molar-refractivity contribution in [3.63, 3.8) is 0 Å². The highest BCUT2D eigenvalue weighted by molar-refractivity contribution is 7.99. The van der Waals surface area contributed by atoms with Crippen molar-refractivity contribution in [2.75, 3.05) is 20.3 Å². The second-order valence-corrected chi connectivity index (χ2v) is 8.14. The van der Waals surface area contributed by atoms with Gasteiger partial charge in [-0.25, -0.2) is 9.97 Å². The van der Waals surface area contributed by atoms with Gasteiger partial charge in [-0.05, 0) is 48.5 Å². The number of carbonyl (C=O) groups excluding carboxylic acids is 1. The summed E-state index contributed by atoms with van der Waals surface area (Å²) in [5, 5.41) is 1.41. The average molecular weight is 447 g/mol. The molecule has 2 aromatic heterocycles. The Morgan fingerprint density at radius 3 is 2.59 bits per heavy atom. The third kappa shape index (κ3) is 5.22. The zero-order chi connectivity index (χ0) is 22.3. The fourth-order valence-electron chi connectivity index (χ4n) is 3.22. The summed E-state index contributed by atoms with van der Waals surface area (Å²) >= 11 is 1.53. The van der Waals surface area contributed by atoms with Gasteiger partial charge in [-0.1, -0.05) is 30.0 Å². The van der Waals surface area contributed by atoms with E-state index in [-0.39, 0.29) is 18.0 Å². The van der Waals surface area contributed by atoms with E-state index in [1.165, 1.54) is 11.8 Å². The van der Waals surface area contributed by atoms with E-state index in [1.54, 1.807) is 48.5 Å². The van der Waals surface area contributed by atoms with Crippen LogP contribution < -0.4 is 5.56 Å². The Balaban J connectivity index is 1.53. The van der Waals surface area contributed by atoms with E-state index >= 15 is 0 Å². The normalized spacial score (nSPS) is 10.9. The van der Waals surface area contributed by atoms with Gasteiger partial charge in [-0.3, -0.25) is 9.59 Å². The van der Waals surface area contributed by atoms with Gasteiger partial charge in [0.05, 0.1) is 24.1 Å². The van der Waals surface area contributed by atoms with Crippen LogP contribution in [0.3, 0.4) is 0 Å². The number of aromatic nitrogens is 3. The Kier molecular flexibility index (Phi) is 6.94. The molecule has 0 radical (unpaired) electrons. The fraction of sp³-hybridized carbons (Fsp3) is 0.167. The van der Waals surface area contributed by atoms with Crippen LogP contribution in [-0.2, 0) is 11.3 Å². The van der Waals surface area contributed by atoms with Crippen LogP contribution in [0.2, 0.25) is 0 Å². The smallest absolute Gasteiger partial charge is 0.258 e. The standard InChI is InChI=1S/C24H22N4O3S/c1-31-15-14-28(16-21-26-20-7-3-2-6-19(20)23(29)27-21)24(30)17-9-11-18(12-10-17)32-22-8-4-5-13-25-22/h2-13H,14-16H2,1H3,(H,26,27,29). The van der Waals surface area contributed by atoms with Crippen LogP contribution in [0.4, 0.5) is 0 Å². The van der Waals surface area contributed by atoms with E-state index < -0.39 is 0 Å². The van der Waals surface area contributed by atoms with Crippen LogP contribution in [0.15, 0.2) is 87.6 Å². The molecular formula is C24H22N4O3S. The highest BCUT2D eigenvalue weighted by Crippen LogP contribution is 2.26. The number of carbonyl (C=O) groups is 1. The first kappa shape index (κ1) is 21.7. The molecule has 1 N–H and O–H groups in total. The monoisotopic (exact) mass is 446 g/mol. The number of aromatic amines is 1. The third-order valence-corrected chi connectivity index (χ3v) is 5.78. The number of hydrogen-bond acceptors (Lipinski definition) is 6. The molecule has 0 saturated carbocycles. The van der Waals surface area contributed by atoms with Gasteiger partial charge >= 0.3 is 0 Å². The van der Waals surface area contributed by atoms with Crippen molar-refractivity contribution in [1.82, 2.24) is 19.9 Å². The zero-order valence-electron chi connectivity index (χ0n) is 17.5. The van der Waals surface area contributed by atoms with Crippen LogP contribution in [0.5, 0.6) is 0 Å². The lowest BCUT2D eigenvalue weighted by atomic mass is 10.2. The number of nitrogens with one attached hydrogen (secondary N) is 1. The summed E-state index contributed by atoms with van der Waals surface area (Å²) in [6.45, 7) is 0.917. The predicted octanol–water partition coefficient (Wildman–Crippen LogP) is 3.76. The van der Waals surface area contributed by atoms with Crippen molar-refractivity contribution in [2.24, 2.45) is 0 Å². The molecule has 0 saturated heterocycles. The Labute approximate surface area is 189 Å². The highest BCUT2D eigenvalue weighted by Gasteiger charge is 2.18. The quantitative estimate of drug-likeness (QED) is 0.443. The van der Waals surface area contributed by atoms with E-state index in [9.17, 15) is 9.59 Å². The number of hydrogen-bond donors (Lipinski definition) is 1. The summed E-state index contributed by atoms with van der Waals surface area (Å²) in [4.78, 5) is 39.8. The summed E-state index contributed by atoms with van der Waals surface area (Å²) < 4.78 is 5.18. The SMILES string of the molecule is COCCN(Cc1nc2ccccc2c(=O)[nH]1)C(=O)c1ccc(Sc2ccccn2)cc1. The molecule has 0 fully saturated rings. The van der Waals surface area contributed by atoms with Gasteiger partial charge in [0, 0.05) is 30.3 Å². The molecule has 0 aliphatic rings. The zero-order valence-corrected chi connectivity index (χ0v) is 18.3. The summed E-state index contributed by atoms with van der Waals surface area (Å²) in [6.07, 6.45) is 1.75. The van der Waals surface area contributed by atoms with E-state index in [0.29, 0.717) is 35.4 Å². The van der Waals surface area contributed by atoms with Crippen LogP contribution in [0, 0.1) is 0 Å². The summed E-state index contributed by atoms with van der Waals surface area (Å²) in [7, 11) is 1.59. The lowest BCUT2D eigenvalue weighted by molar-refractivity contribution is 0.0675. The maximum Gasteiger partial charge on any atom is 0.258 e. The largest absolute Gasteiger partial charge is 0.383 e. The van der Waals surface area contributed by atoms with Crippen LogP contribution in [0.1, 0.15) is 16.2 Å². The lowest BCUT2D eigenvalue weighted by Gasteiger charge is -2.22. The molecule has 4 aromatic rings. The van der Waals surface area contributed by atoms with Crippen molar-refractivity contribution in [3.8, 4) is 0 Å². The molecule has 7 nitrogen and oxygen atoms in total. The highest BCUT2D eigenvalue weighted by atomic mass is 32.2.